The Morgan fingerprint density at radius 1 is 0.970 bits per heavy atom. The zero-order valence-corrected chi connectivity index (χ0v) is 19.9. The summed E-state index contributed by atoms with van der Waals surface area (Å²) in [6, 6.07) is 19.9. The molecule has 0 saturated heterocycles. The van der Waals surface area contributed by atoms with E-state index in [1.807, 2.05) is 84.5 Å². The number of rotatable bonds is 7. The first-order valence-electron chi connectivity index (χ1n) is 10.3. The van der Waals surface area contributed by atoms with E-state index < -0.39 is 0 Å². The number of thioether (sulfide) groups is 1. The highest BCUT2D eigenvalue weighted by Gasteiger charge is 2.24. The summed E-state index contributed by atoms with van der Waals surface area (Å²) in [5.41, 5.74) is 2.95. The van der Waals surface area contributed by atoms with Crippen LogP contribution in [0.4, 0.5) is 0 Å². The fourth-order valence-corrected chi connectivity index (χ4v) is 4.95. The van der Waals surface area contributed by atoms with Gasteiger partial charge in [0.25, 0.3) is 0 Å². The summed E-state index contributed by atoms with van der Waals surface area (Å²) in [7, 11) is 1.66. The van der Waals surface area contributed by atoms with Gasteiger partial charge in [-0.15, -0.1) is 31.7 Å². The quantitative estimate of drug-likeness (QED) is 0.259. The highest BCUT2D eigenvalue weighted by atomic mass is 32.2. The lowest BCUT2D eigenvalue weighted by molar-refractivity contribution is 0.412. The van der Waals surface area contributed by atoms with Gasteiger partial charge in [0.2, 0.25) is 11.8 Å². The largest absolute Gasteiger partial charge is 0.495 e. The van der Waals surface area contributed by atoms with Crippen LogP contribution in [0.3, 0.4) is 0 Å². The Labute approximate surface area is 199 Å². The first-order chi connectivity index (χ1) is 16.1. The second-order valence-electron chi connectivity index (χ2n) is 7.36. The highest BCUT2D eigenvalue weighted by molar-refractivity contribution is 7.99. The molecule has 7 nitrogen and oxygen atoms in total. The van der Waals surface area contributed by atoms with Crippen molar-refractivity contribution in [1.82, 2.24) is 25.0 Å². The van der Waals surface area contributed by atoms with Crippen LogP contribution >= 0.6 is 23.1 Å². The predicted molar refractivity (Wildman–Crippen MR) is 130 cm³/mol. The van der Waals surface area contributed by atoms with Crippen molar-refractivity contribution in [3.05, 3.63) is 77.5 Å². The zero-order valence-electron chi connectivity index (χ0n) is 18.3. The topological polar surface area (TPSA) is 78.9 Å². The van der Waals surface area contributed by atoms with Crippen LogP contribution in [-0.4, -0.2) is 32.1 Å². The molecule has 9 heteroatoms. The predicted octanol–water partition coefficient (Wildman–Crippen LogP) is 6.22. The van der Waals surface area contributed by atoms with Gasteiger partial charge in [-0.2, -0.15) is 0 Å². The third-order valence-corrected chi connectivity index (χ3v) is 6.97. The molecule has 0 bridgehead atoms. The second-order valence-corrected chi connectivity index (χ2v) is 9.62. The summed E-state index contributed by atoms with van der Waals surface area (Å²) in [5, 5.41) is 20.1. The van der Waals surface area contributed by atoms with Gasteiger partial charge in [0, 0.05) is 5.56 Å². The van der Waals surface area contributed by atoms with Crippen LogP contribution in [0.15, 0.2) is 75.6 Å². The molecule has 0 spiro atoms. The minimum atomic E-state index is -0.134. The molecule has 0 fully saturated rings. The summed E-state index contributed by atoms with van der Waals surface area (Å²) in [5.74, 6) is 2.53. The van der Waals surface area contributed by atoms with Crippen molar-refractivity contribution in [2.45, 2.75) is 24.3 Å². The average molecular weight is 476 g/mol. The van der Waals surface area contributed by atoms with E-state index in [1.165, 1.54) is 17.3 Å². The minimum absolute atomic E-state index is 0.134. The minimum Gasteiger partial charge on any atom is -0.495 e. The van der Waals surface area contributed by atoms with Crippen molar-refractivity contribution in [3.63, 3.8) is 0 Å². The number of ether oxygens (including phenoxy) is 1. The number of benzene rings is 2. The molecule has 0 aliphatic carbocycles. The van der Waals surface area contributed by atoms with E-state index in [4.69, 9.17) is 9.15 Å². The Bertz CT molecular complexity index is 1360. The monoisotopic (exact) mass is 475 g/mol. The standard InChI is InChI=1S/C24H21N5O2S2/c1-15-10-12-17(13-11-15)23-27-26-22(31-23)16(2)33-24-28-25-21(20-9-6-14-32-20)29(24)18-7-4-5-8-19(18)30-3/h4-14,16H,1-3H3. The van der Waals surface area contributed by atoms with Crippen molar-refractivity contribution >= 4 is 23.1 Å². The molecule has 0 aliphatic heterocycles. The van der Waals surface area contributed by atoms with Gasteiger partial charge in [-0.05, 0) is 49.6 Å². The smallest absolute Gasteiger partial charge is 0.247 e. The maximum atomic E-state index is 5.99. The van der Waals surface area contributed by atoms with Crippen molar-refractivity contribution < 1.29 is 9.15 Å². The van der Waals surface area contributed by atoms with E-state index in [9.17, 15) is 0 Å². The summed E-state index contributed by atoms with van der Waals surface area (Å²) in [6.07, 6.45) is 0. The molecule has 0 saturated carbocycles. The molecular weight excluding hydrogens is 454 g/mol. The normalized spacial score (nSPS) is 12.1. The fraction of sp³-hybridized carbons (Fsp3) is 0.167. The summed E-state index contributed by atoms with van der Waals surface area (Å²) in [6.45, 7) is 4.06. The fourth-order valence-electron chi connectivity index (χ4n) is 3.36. The van der Waals surface area contributed by atoms with E-state index >= 15 is 0 Å². The maximum absolute atomic E-state index is 5.99. The molecule has 0 aliphatic rings. The Balaban J connectivity index is 1.49. The van der Waals surface area contributed by atoms with Gasteiger partial charge >= 0.3 is 0 Å². The van der Waals surface area contributed by atoms with Crippen molar-refractivity contribution in [2.75, 3.05) is 7.11 Å². The molecule has 2 aromatic carbocycles. The first-order valence-corrected chi connectivity index (χ1v) is 12.1. The molecule has 0 amide bonds. The molecule has 0 radical (unpaired) electrons. The molecule has 1 atom stereocenters. The SMILES string of the molecule is COc1ccccc1-n1c(SC(C)c2nnc(-c3ccc(C)cc3)o2)nnc1-c1cccs1. The van der Waals surface area contributed by atoms with E-state index in [1.54, 1.807) is 18.4 Å². The number of nitrogens with zero attached hydrogens (tertiary/aromatic N) is 5. The van der Waals surface area contributed by atoms with Gasteiger partial charge in [-0.3, -0.25) is 4.57 Å². The van der Waals surface area contributed by atoms with Crippen LogP contribution < -0.4 is 4.74 Å². The number of hydrogen-bond acceptors (Lipinski definition) is 8. The molecule has 5 aromatic rings. The van der Waals surface area contributed by atoms with Gasteiger partial charge in [0.1, 0.15) is 5.75 Å². The van der Waals surface area contributed by atoms with E-state index in [0.717, 1.165) is 27.7 Å². The Hall–Kier alpha value is -3.43. The lowest BCUT2D eigenvalue weighted by atomic mass is 10.1. The molecular formula is C24H21N5O2S2. The molecule has 33 heavy (non-hydrogen) atoms. The van der Waals surface area contributed by atoms with Crippen LogP contribution in [0.2, 0.25) is 0 Å². The number of aromatic nitrogens is 5. The van der Waals surface area contributed by atoms with Gasteiger partial charge in [0.05, 0.1) is 22.9 Å². The molecule has 3 aromatic heterocycles. The zero-order chi connectivity index (χ0) is 22.8. The van der Waals surface area contributed by atoms with Crippen LogP contribution in [0.5, 0.6) is 5.75 Å². The summed E-state index contributed by atoms with van der Waals surface area (Å²) < 4.78 is 13.6. The van der Waals surface area contributed by atoms with Crippen molar-refractivity contribution in [1.29, 1.82) is 0 Å². The van der Waals surface area contributed by atoms with Crippen molar-refractivity contribution in [2.24, 2.45) is 0 Å². The Morgan fingerprint density at radius 3 is 2.55 bits per heavy atom. The number of thiophene rings is 1. The number of methoxy groups -OCH3 is 1. The van der Waals surface area contributed by atoms with E-state index in [2.05, 4.69) is 20.4 Å². The Kier molecular flexibility index (Phi) is 5.97. The highest BCUT2D eigenvalue weighted by Crippen LogP contribution is 2.39. The third-order valence-electron chi connectivity index (χ3n) is 5.07. The van der Waals surface area contributed by atoms with Crippen LogP contribution in [0.25, 0.3) is 27.8 Å². The average Bonchev–Trinajstić information content (AvgIpc) is 3.60. The number of aryl methyl sites for hydroxylation is 1. The van der Waals surface area contributed by atoms with Gasteiger partial charge in [-0.25, -0.2) is 0 Å². The van der Waals surface area contributed by atoms with Gasteiger partial charge in [-0.1, -0.05) is 47.7 Å². The molecule has 166 valence electrons. The Morgan fingerprint density at radius 2 is 1.79 bits per heavy atom. The molecule has 3 heterocycles. The molecule has 0 N–H and O–H groups in total. The van der Waals surface area contributed by atoms with E-state index in [-0.39, 0.29) is 5.25 Å². The summed E-state index contributed by atoms with van der Waals surface area (Å²) in [4.78, 5) is 1.02. The first kappa shape index (κ1) is 21.4. The lowest BCUT2D eigenvalue weighted by Gasteiger charge is -2.14. The lowest BCUT2D eigenvalue weighted by Crippen LogP contribution is -2.02. The summed E-state index contributed by atoms with van der Waals surface area (Å²) >= 11 is 3.12. The van der Waals surface area contributed by atoms with Crippen LogP contribution in [-0.2, 0) is 0 Å². The number of hydrogen-bond donors (Lipinski definition) is 0. The van der Waals surface area contributed by atoms with Crippen LogP contribution in [0, 0.1) is 6.92 Å². The molecule has 1 unspecified atom stereocenters. The number of para-hydroxylation sites is 2. The van der Waals surface area contributed by atoms with Gasteiger partial charge in [0.15, 0.2) is 11.0 Å². The third kappa shape index (κ3) is 4.29. The molecule has 5 rings (SSSR count). The van der Waals surface area contributed by atoms with Gasteiger partial charge < -0.3 is 9.15 Å². The maximum Gasteiger partial charge on any atom is 0.247 e. The van der Waals surface area contributed by atoms with Crippen molar-refractivity contribution in [3.8, 4) is 33.6 Å². The second kappa shape index (κ2) is 9.21. The van der Waals surface area contributed by atoms with E-state index in [0.29, 0.717) is 16.9 Å². The van der Waals surface area contributed by atoms with Crippen LogP contribution in [0.1, 0.15) is 23.6 Å².